The van der Waals surface area contributed by atoms with Crippen LogP contribution in [0.15, 0.2) is 42.5 Å². The Hall–Kier alpha value is -2.62. The van der Waals surface area contributed by atoms with E-state index >= 15 is 0 Å². The fraction of sp³-hybridized carbons (Fsp3) is 0.263. The number of fused-ring (bicyclic) bond motifs is 1. The maximum atomic E-state index is 12.9. The third kappa shape index (κ3) is 2.72. The van der Waals surface area contributed by atoms with Crippen molar-refractivity contribution in [2.24, 2.45) is 7.05 Å². The van der Waals surface area contributed by atoms with Gasteiger partial charge in [-0.25, -0.2) is 0 Å². The van der Waals surface area contributed by atoms with Gasteiger partial charge in [0.25, 0.3) is 5.91 Å². The lowest BCUT2D eigenvalue weighted by Gasteiger charge is -2.18. The van der Waals surface area contributed by atoms with E-state index < -0.39 is 0 Å². The van der Waals surface area contributed by atoms with Crippen LogP contribution in [0.1, 0.15) is 27.3 Å². The van der Waals surface area contributed by atoms with Crippen LogP contribution in [0.4, 0.5) is 0 Å². The first-order valence-corrected chi connectivity index (χ1v) is 7.71. The van der Waals surface area contributed by atoms with Gasteiger partial charge in [0.1, 0.15) is 0 Å². The van der Waals surface area contributed by atoms with E-state index in [0.717, 1.165) is 33.3 Å². The molecule has 1 aromatic heterocycles. The fourth-order valence-electron chi connectivity index (χ4n) is 2.97. The molecule has 0 N–H and O–H groups in total. The Balaban J connectivity index is 1.93. The van der Waals surface area contributed by atoms with Crippen molar-refractivity contribution < 1.29 is 4.79 Å². The van der Waals surface area contributed by atoms with Crippen LogP contribution in [0.3, 0.4) is 0 Å². The summed E-state index contributed by atoms with van der Waals surface area (Å²) in [7, 11) is 3.77. The summed E-state index contributed by atoms with van der Waals surface area (Å²) < 4.78 is 1.86. The van der Waals surface area contributed by atoms with E-state index in [1.165, 1.54) is 0 Å². The number of carbonyl (C=O) groups is 1. The number of amides is 1. The third-order valence-corrected chi connectivity index (χ3v) is 4.42. The second-order valence-corrected chi connectivity index (χ2v) is 5.96. The lowest BCUT2D eigenvalue weighted by Crippen LogP contribution is -2.26. The maximum absolute atomic E-state index is 12.9. The second kappa shape index (κ2) is 5.88. The Labute approximate surface area is 136 Å². The highest BCUT2D eigenvalue weighted by Gasteiger charge is 2.18. The molecule has 0 aliphatic heterocycles. The van der Waals surface area contributed by atoms with Gasteiger partial charge in [-0.3, -0.25) is 9.48 Å². The molecule has 0 saturated carbocycles. The first-order valence-electron chi connectivity index (χ1n) is 7.71. The first-order chi connectivity index (χ1) is 11.0. The summed E-state index contributed by atoms with van der Waals surface area (Å²) in [5, 5.41) is 6.50. The third-order valence-electron chi connectivity index (χ3n) is 4.42. The molecule has 0 unspecified atom stereocenters. The lowest BCUT2D eigenvalue weighted by atomic mass is 10.0. The van der Waals surface area contributed by atoms with Gasteiger partial charge in [-0.15, -0.1) is 0 Å². The van der Waals surface area contributed by atoms with E-state index in [1.54, 1.807) is 4.90 Å². The summed E-state index contributed by atoms with van der Waals surface area (Å²) in [4.78, 5) is 14.7. The largest absolute Gasteiger partial charge is 0.337 e. The van der Waals surface area contributed by atoms with Gasteiger partial charge < -0.3 is 4.90 Å². The van der Waals surface area contributed by atoms with Gasteiger partial charge in [0, 0.05) is 37.5 Å². The second-order valence-electron chi connectivity index (χ2n) is 5.96. The normalized spacial score (nSPS) is 11.0. The van der Waals surface area contributed by atoms with Gasteiger partial charge in [0.15, 0.2) is 0 Å². The molecule has 1 amide bonds. The number of aromatic nitrogens is 2. The lowest BCUT2D eigenvalue weighted by molar-refractivity contribution is 0.0786. The summed E-state index contributed by atoms with van der Waals surface area (Å²) in [6, 6.07) is 13.8. The molecule has 118 valence electrons. The molecule has 4 heteroatoms. The summed E-state index contributed by atoms with van der Waals surface area (Å²) in [5.74, 6) is 0.0319. The minimum atomic E-state index is 0.0319. The molecule has 23 heavy (non-hydrogen) atoms. The number of aryl methyl sites for hydroxylation is 2. The van der Waals surface area contributed by atoms with Crippen molar-refractivity contribution >= 4 is 16.7 Å². The summed E-state index contributed by atoms with van der Waals surface area (Å²) >= 11 is 0. The van der Waals surface area contributed by atoms with Gasteiger partial charge in [-0.2, -0.15) is 5.10 Å². The molecule has 1 heterocycles. The summed E-state index contributed by atoms with van der Waals surface area (Å²) in [6.07, 6.45) is 0. The van der Waals surface area contributed by atoms with Crippen LogP contribution in [0.25, 0.3) is 10.8 Å². The predicted molar refractivity (Wildman–Crippen MR) is 92.4 cm³/mol. The highest BCUT2D eigenvalue weighted by molar-refractivity contribution is 6.06. The van der Waals surface area contributed by atoms with Crippen molar-refractivity contribution in [1.82, 2.24) is 14.7 Å². The highest BCUT2D eigenvalue weighted by Crippen LogP contribution is 2.21. The molecule has 0 fully saturated rings. The smallest absolute Gasteiger partial charge is 0.254 e. The van der Waals surface area contributed by atoms with Crippen LogP contribution in [-0.2, 0) is 13.6 Å². The molecule has 0 bridgehead atoms. The van der Waals surface area contributed by atoms with Crippen LogP contribution in [0, 0.1) is 13.8 Å². The molecule has 0 saturated heterocycles. The quantitative estimate of drug-likeness (QED) is 0.743. The van der Waals surface area contributed by atoms with Crippen molar-refractivity contribution in [3.63, 3.8) is 0 Å². The predicted octanol–water partition coefficient (Wildman–Crippen LogP) is 3.46. The van der Waals surface area contributed by atoms with Crippen molar-refractivity contribution in [2.45, 2.75) is 20.4 Å². The molecule has 2 aromatic carbocycles. The fourth-order valence-corrected chi connectivity index (χ4v) is 2.97. The van der Waals surface area contributed by atoms with Gasteiger partial charge >= 0.3 is 0 Å². The first kappa shape index (κ1) is 15.3. The molecule has 0 aliphatic carbocycles. The molecule has 3 aromatic rings. The number of hydrogen-bond acceptors (Lipinski definition) is 2. The number of benzene rings is 2. The van der Waals surface area contributed by atoms with Gasteiger partial charge in [0.05, 0.1) is 5.69 Å². The minimum absolute atomic E-state index is 0.0319. The number of rotatable bonds is 3. The zero-order chi connectivity index (χ0) is 16.6. The molecular weight excluding hydrogens is 286 g/mol. The molecule has 0 aliphatic rings. The number of hydrogen-bond donors (Lipinski definition) is 0. The summed E-state index contributed by atoms with van der Waals surface area (Å²) in [5.41, 5.74) is 3.93. The maximum Gasteiger partial charge on any atom is 0.254 e. The Morgan fingerprint density at radius 3 is 2.52 bits per heavy atom. The average Bonchev–Trinajstić information content (AvgIpc) is 2.80. The standard InChI is InChI=1S/C19H21N3O/c1-13-18(14(2)22(4)20-13)12-21(3)19(23)17-11-7-9-15-8-5-6-10-16(15)17/h5-11H,12H2,1-4H3. The SMILES string of the molecule is Cc1nn(C)c(C)c1CN(C)C(=O)c1cccc2ccccc12. The molecule has 3 rings (SSSR count). The zero-order valence-electron chi connectivity index (χ0n) is 14.0. The van der Waals surface area contributed by atoms with Crippen LogP contribution < -0.4 is 0 Å². The number of carbonyl (C=O) groups excluding carboxylic acids is 1. The molecule has 0 atom stereocenters. The van der Waals surface area contributed by atoms with E-state index in [-0.39, 0.29) is 5.91 Å². The van der Waals surface area contributed by atoms with Crippen LogP contribution in [0.2, 0.25) is 0 Å². The Morgan fingerprint density at radius 1 is 1.13 bits per heavy atom. The zero-order valence-corrected chi connectivity index (χ0v) is 14.0. The van der Waals surface area contributed by atoms with Gasteiger partial charge in [-0.05, 0) is 30.7 Å². The average molecular weight is 307 g/mol. The van der Waals surface area contributed by atoms with Crippen molar-refractivity contribution in [3.05, 3.63) is 65.0 Å². The van der Waals surface area contributed by atoms with Crippen LogP contribution in [-0.4, -0.2) is 27.6 Å². The summed E-state index contributed by atoms with van der Waals surface area (Å²) in [6.45, 7) is 4.58. The van der Waals surface area contributed by atoms with Crippen LogP contribution >= 0.6 is 0 Å². The molecule has 0 spiro atoms. The highest BCUT2D eigenvalue weighted by atomic mass is 16.2. The van der Waals surface area contributed by atoms with E-state index in [0.29, 0.717) is 6.54 Å². The Bertz CT molecular complexity index is 874. The van der Waals surface area contributed by atoms with Crippen molar-refractivity contribution in [1.29, 1.82) is 0 Å². The topological polar surface area (TPSA) is 38.1 Å². The van der Waals surface area contributed by atoms with E-state index in [4.69, 9.17) is 0 Å². The molecule has 4 nitrogen and oxygen atoms in total. The monoisotopic (exact) mass is 307 g/mol. The molecular formula is C19H21N3O. The van der Waals surface area contributed by atoms with E-state index in [2.05, 4.69) is 5.10 Å². The Kier molecular flexibility index (Phi) is 3.90. The van der Waals surface area contributed by atoms with Crippen LogP contribution in [0.5, 0.6) is 0 Å². The van der Waals surface area contributed by atoms with Gasteiger partial charge in [0.2, 0.25) is 0 Å². The molecule has 0 radical (unpaired) electrons. The van der Waals surface area contributed by atoms with E-state index in [1.807, 2.05) is 75.1 Å². The number of nitrogens with zero attached hydrogens (tertiary/aromatic N) is 3. The van der Waals surface area contributed by atoms with Gasteiger partial charge in [-0.1, -0.05) is 36.4 Å². The van der Waals surface area contributed by atoms with E-state index in [9.17, 15) is 4.79 Å². The van der Waals surface area contributed by atoms with Crippen molar-refractivity contribution in [3.8, 4) is 0 Å². The Morgan fingerprint density at radius 2 is 1.83 bits per heavy atom. The minimum Gasteiger partial charge on any atom is -0.337 e. The van der Waals surface area contributed by atoms with Crippen molar-refractivity contribution in [2.75, 3.05) is 7.05 Å².